The van der Waals surface area contributed by atoms with Crippen LogP contribution in [0, 0.1) is 5.41 Å². The van der Waals surface area contributed by atoms with Gasteiger partial charge in [0.2, 0.25) is 0 Å². The maximum atomic E-state index is 9.45. The number of aliphatic hydroxyl groups is 1. The number of aliphatic imine (C=N–C) groups is 1. The second-order valence-electron chi connectivity index (χ2n) is 6.66. The number of rotatable bonds is 8. The summed E-state index contributed by atoms with van der Waals surface area (Å²) in [6.07, 6.45) is 10.1. The fourth-order valence-corrected chi connectivity index (χ4v) is 4.19. The van der Waals surface area contributed by atoms with Crippen LogP contribution in [0.15, 0.2) is 11.2 Å². The van der Waals surface area contributed by atoms with Crippen molar-refractivity contribution in [2.75, 3.05) is 19.7 Å². The smallest absolute Gasteiger partial charge is 0.191 e. The number of aryl methyl sites for hydroxylation is 1. The molecule has 1 heterocycles. The van der Waals surface area contributed by atoms with Crippen LogP contribution in [0.2, 0.25) is 0 Å². The molecule has 1 saturated carbocycles. The van der Waals surface area contributed by atoms with Crippen LogP contribution in [-0.4, -0.2) is 35.7 Å². The molecule has 1 aromatic heterocycles. The summed E-state index contributed by atoms with van der Waals surface area (Å²) in [5, 5.41) is 17.3. The average molecular weight is 353 g/mol. The third kappa shape index (κ3) is 5.74. The first kappa shape index (κ1) is 19.2. The first-order valence-electron chi connectivity index (χ1n) is 9.28. The molecule has 0 amide bonds. The van der Waals surface area contributed by atoms with Gasteiger partial charge in [-0.2, -0.15) is 0 Å². The maximum absolute atomic E-state index is 9.45. The zero-order chi connectivity index (χ0) is 17.3. The zero-order valence-corrected chi connectivity index (χ0v) is 15.9. The van der Waals surface area contributed by atoms with Gasteiger partial charge < -0.3 is 15.7 Å². The molecule has 24 heavy (non-hydrogen) atoms. The molecule has 1 aliphatic carbocycles. The van der Waals surface area contributed by atoms with E-state index in [9.17, 15) is 5.11 Å². The quantitative estimate of drug-likeness (QED) is 0.497. The Morgan fingerprint density at radius 3 is 2.71 bits per heavy atom. The van der Waals surface area contributed by atoms with Crippen LogP contribution in [0.1, 0.15) is 62.3 Å². The number of thiazole rings is 1. The first-order chi connectivity index (χ1) is 11.7. The van der Waals surface area contributed by atoms with Crippen LogP contribution in [0.25, 0.3) is 0 Å². The molecule has 5 nitrogen and oxygen atoms in total. The number of hydrogen-bond acceptors (Lipinski definition) is 4. The topological polar surface area (TPSA) is 69.5 Å². The van der Waals surface area contributed by atoms with Crippen LogP contribution in [-0.2, 0) is 13.0 Å². The van der Waals surface area contributed by atoms with Crippen molar-refractivity contribution in [3.05, 3.63) is 16.1 Å². The first-order valence-corrected chi connectivity index (χ1v) is 10.1. The molecule has 1 fully saturated rings. The molecule has 6 heteroatoms. The van der Waals surface area contributed by atoms with Gasteiger partial charge in [-0.15, -0.1) is 11.3 Å². The summed E-state index contributed by atoms with van der Waals surface area (Å²) in [5.74, 6) is 0.855. The lowest BCUT2D eigenvalue weighted by Crippen LogP contribution is -2.44. The Morgan fingerprint density at radius 2 is 2.08 bits per heavy atom. The Bertz CT molecular complexity index is 503. The normalized spacial score (nSPS) is 17.7. The van der Waals surface area contributed by atoms with E-state index in [0.29, 0.717) is 6.54 Å². The second-order valence-corrected chi connectivity index (χ2v) is 7.86. The molecule has 0 spiro atoms. The predicted molar refractivity (Wildman–Crippen MR) is 102 cm³/mol. The molecule has 0 aromatic carbocycles. The van der Waals surface area contributed by atoms with E-state index in [4.69, 9.17) is 0 Å². The molecule has 0 saturated heterocycles. The van der Waals surface area contributed by atoms with Crippen LogP contribution in [0.3, 0.4) is 0 Å². The van der Waals surface area contributed by atoms with Crippen molar-refractivity contribution in [3.63, 3.8) is 0 Å². The summed E-state index contributed by atoms with van der Waals surface area (Å²) in [4.78, 5) is 10.4. The van der Waals surface area contributed by atoms with E-state index in [1.807, 2.05) is 6.20 Å². The Hall–Kier alpha value is -1.14. The molecule has 1 aromatic rings. The van der Waals surface area contributed by atoms with Gasteiger partial charge in [0, 0.05) is 30.8 Å². The second kappa shape index (κ2) is 9.99. The molecule has 3 N–H and O–H groups in total. The van der Waals surface area contributed by atoms with E-state index in [0.717, 1.165) is 36.9 Å². The molecule has 2 rings (SSSR count). The number of aliphatic hydroxyl groups excluding tert-OH is 1. The molecule has 0 atom stereocenters. The molecule has 1 aliphatic rings. The van der Waals surface area contributed by atoms with Crippen LogP contribution in [0.4, 0.5) is 0 Å². The summed E-state index contributed by atoms with van der Waals surface area (Å²) < 4.78 is 0. The van der Waals surface area contributed by atoms with Crippen molar-refractivity contribution in [3.8, 4) is 0 Å². The highest BCUT2D eigenvalue weighted by atomic mass is 32.1. The monoisotopic (exact) mass is 352 g/mol. The van der Waals surface area contributed by atoms with E-state index < -0.39 is 0 Å². The Balaban J connectivity index is 1.94. The fraction of sp³-hybridized carbons (Fsp3) is 0.778. The van der Waals surface area contributed by atoms with Crippen molar-refractivity contribution >= 4 is 17.3 Å². The number of hydrogen-bond donors (Lipinski definition) is 3. The Labute approximate surface area is 150 Å². The minimum absolute atomic E-state index is 0.222. The summed E-state index contributed by atoms with van der Waals surface area (Å²) in [5.41, 5.74) is 0.222. The van der Waals surface area contributed by atoms with Crippen molar-refractivity contribution in [2.45, 2.75) is 65.3 Å². The van der Waals surface area contributed by atoms with E-state index in [2.05, 4.69) is 34.5 Å². The van der Waals surface area contributed by atoms with Crippen molar-refractivity contribution in [1.29, 1.82) is 0 Å². The van der Waals surface area contributed by atoms with Gasteiger partial charge in [-0.25, -0.2) is 9.98 Å². The van der Waals surface area contributed by atoms with E-state index in [1.54, 1.807) is 11.3 Å². The SMILES string of the molecule is CCNC(=NCc1ncc(CC)s1)NCC1(CCO)CCCCC1. The van der Waals surface area contributed by atoms with Crippen LogP contribution >= 0.6 is 11.3 Å². The standard InChI is InChI=1S/C18H32N4OS/c1-3-15-12-20-16(24-15)13-21-17(19-4-2)22-14-18(10-11-23)8-6-5-7-9-18/h12,23H,3-11,13-14H2,1-2H3,(H2,19,21,22). The molecule has 136 valence electrons. The number of nitrogens with zero attached hydrogens (tertiary/aromatic N) is 2. The van der Waals surface area contributed by atoms with Gasteiger partial charge in [-0.05, 0) is 38.0 Å². The predicted octanol–water partition coefficient (Wildman–Crippen LogP) is 3.09. The highest BCUT2D eigenvalue weighted by Crippen LogP contribution is 2.38. The van der Waals surface area contributed by atoms with Gasteiger partial charge >= 0.3 is 0 Å². The minimum atomic E-state index is 0.222. The summed E-state index contributed by atoms with van der Waals surface area (Å²) in [7, 11) is 0. The largest absolute Gasteiger partial charge is 0.396 e. The third-order valence-corrected chi connectivity index (χ3v) is 5.98. The van der Waals surface area contributed by atoms with E-state index in [1.165, 1.54) is 37.0 Å². The van der Waals surface area contributed by atoms with Crippen molar-refractivity contribution in [2.24, 2.45) is 10.4 Å². The minimum Gasteiger partial charge on any atom is -0.396 e. The van der Waals surface area contributed by atoms with Gasteiger partial charge in [-0.1, -0.05) is 26.2 Å². The molecule has 0 unspecified atom stereocenters. The molecule has 0 radical (unpaired) electrons. The van der Waals surface area contributed by atoms with Gasteiger partial charge in [0.1, 0.15) is 5.01 Å². The third-order valence-electron chi connectivity index (χ3n) is 4.85. The lowest BCUT2D eigenvalue weighted by molar-refractivity contribution is 0.131. The molecular formula is C18H32N4OS. The van der Waals surface area contributed by atoms with Crippen molar-refractivity contribution in [1.82, 2.24) is 15.6 Å². The Morgan fingerprint density at radius 1 is 1.29 bits per heavy atom. The molecular weight excluding hydrogens is 320 g/mol. The van der Waals surface area contributed by atoms with E-state index >= 15 is 0 Å². The van der Waals surface area contributed by atoms with E-state index in [-0.39, 0.29) is 12.0 Å². The number of aromatic nitrogens is 1. The fourth-order valence-electron chi connectivity index (χ4n) is 3.40. The van der Waals surface area contributed by atoms with Gasteiger partial charge in [-0.3, -0.25) is 0 Å². The van der Waals surface area contributed by atoms with Gasteiger partial charge in [0.05, 0.1) is 6.54 Å². The summed E-state index contributed by atoms with van der Waals surface area (Å²) in [6, 6.07) is 0. The maximum Gasteiger partial charge on any atom is 0.191 e. The van der Waals surface area contributed by atoms with Crippen molar-refractivity contribution < 1.29 is 5.11 Å². The summed E-state index contributed by atoms with van der Waals surface area (Å²) in [6.45, 7) is 6.85. The highest BCUT2D eigenvalue weighted by molar-refractivity contribution is 7.11. The van der Waals surface area contributed by atoms with Crippen LogP contribution < -0.4 is 10.6 Å². The summed E-state index contributed by atoms with van der Waals surface area (Å²) >= 11 is 1.74. The number of nitrogens with one attached hydrogen (secondary N) is 2. The average Bonchev–Trinajstić information content (AvgIpc) is 3.07. The lowest BCUT2D eigenvalue weighted by Gasteiger charge is -2.37. The van der Waals surface area contributed by atoms with Gasteiger partial charge in [0.25, 0.3) is 0 Å². The molecule has 0 aliphatic heterocycles. The van der Waals surface area contributed by atoms with Crippen LogP contribution in [0.5, 0.6) is 0 Å². The van der Waals surface area contributed by atoms with Gasteiger partial charge in [0.15, 0.2) is 5.96 Å². The zero-order valence-electron chi connectivity index (χ0n) is 15.1. The number of guanidine groups is 1. The Kier molecular flexibility index (Phi) is 7.99. The molecule has 0 bridgehead atoms. The highest BCUT2D eigenvalue weighted by Gasteiger charge is 2.31. The lowest BCUT2D eigenvalue weighted by atomic mass is 9.72.